The molecule has 0 radical (unpaired) electrons. The highest BCUT2D eigenvalue weighted by molar-refractivity contribution is 7.89. The highest BCUT2D eigenvalue weighted by atomic mass is 35.5. The topological polar surface area (TPSA) is 101 Å². The van der Waals surface area contributed by atoms with E-state index in [1.54, 1.807) is 37.3 Å². The van der Waals surface area contributed by atoms with Crippen molar-refractivity contribution < 1.29 is 26.4 Å². The van der Waals surface area contributed by atoms with Gasteiger partial charge in [-0.1, -0.05) is 60.0 Å². The summed E-state index contributed by atoms with van der Waals surface area (Å²) in [5.74, 6) is -0.815. The zero-order valence-electron chi connectivity index (χ0n) is 22.0. The standard InChI is InChI=1S/C28H30Cl2N2O6S2/c1-20(31(2)39(34,35)24-14-12-23(29)13-15-24)27(21-9-5-3-6-10-21)38-28(33)22-11-16-25(30)26(19-22)40(36,37)32-17-7-4-8-18-32/h3,5-6,9-16,19-20,27H,4,7-8,17-18H2,1-2H3. The van der Waals surface area contributed by atoms with Crippen LogP contribution in [0.25, 0.3) is 0 Å². The lowest BCUT2D eigenvalue weighted by Gasteiger charge is -2.31. The Kier molecular flexibility index (Phi) is 9.59. The van der Waals surface area contributed by atoms with Crippen molar-refractivity contribution in [3.8, 4) is 0 Å². The maximum atomic E-state index is 13.4. The Bertz CT molecular complexity index is 1560. The van der Waals surface area contributed by atoms with E-state index in [0.717, 1.165) is 23.6 Å². The molecule has 2 unspecified atom stereocenters. The number of benzene rings is 3. The summed E-state index contributed by atoms with van der Waals surface area (Å²) in [6.07, 6.45) is 1.44. The second-order valence-corrected chi connectivity index (χ2v) is 14.3. The molecule has 1 saturated heterocycles. The van der Waals surface area contributed by atoms with E-state index in [4.69, 9.17) is 27.9 Å². The van der Waals surface area contributed by atoms with Crippen molar-refractivity contribution in [2.45, 2.75) is 48.1 Å². The lowest BCUT2D eigenvalue weighted by Crippen LogP contribution is -2.40. The molecule has 214 valence electrons. The second-order valence-electron chi connectivity index (χ2n) is 9.56. The summed E-state index contributed by atoms with van der Waals surface area (Å²) in [6, 6.07) is 17.7. The molecule has 2 atom stereocenters. The first kappa shape index (κ1) is 30.5. The Labute approximate surface area is 245 Å². The molecule has 12 heteroatoms. The lowest BCUT2D eigenvalue weighted by molar-refractivity contribution is 0.0145. The summed E-state index contributed by atoms with van der Waals surface area (Å²) >= 11 is 12.2. The summed E-state index contributed by atoms with van der Waals surface area (Å²) in [7, 11) is -6.48. The monoisotopic (exact) mass is 624 g/mol. The number of piperidine rings is 1. The average molecular weight is 626 g/mol. The van der Waals surface area contributed by atoms with Gasteiger partial charge in [0.15, 0.2) is 0 Å². The van der Waals surface area contributed by atoms with Gasteiger partial charge in [-0.05, 0) is 67.8 Å². The molecule has 0 aliphatic carbocycles. The molecule has 1 heterocycles. The van der Waals surface area contributed by atoms with Gasteiger partial charge < -0.3 is 4.74 Å². The van der Waals surface area contributed by atoms with E-state index in [0.29, 0.717) is 23.7 Å². The van der Waals surface area contributed by atoms with E-state index in [9.17, 15) is 21.6 Å². The number of sulfonamides is 2. The summed E-state index contributed by atoms with van der Waals surface area (Å²) in [5, 5.41) is 0.402. The van der Waals surface area contributed by atoms with Crippen molar-refractivity contribution in [2.75, 3.05) is 20.1 Å². The van der Waals surface area contributed by atoms with Gasteiger partial charge in [-0.25, -0.2) is 21.6 Å². The number of nitrogens with zero attached hydrogens (tertiary/aromatic N) is 2. The zero-order valence-corrected chi connectivity index (χ0v) is 25.2. The quantitative estimate of drug-likeness (QED) is 0.280. The van der Waals surface area contributed by atoms with E-state index < -0.39 is 38.2 Å². The van der Waals surface area contributed by atoms with Gasteiger partial charge in [-0.2, -0.15) is 8.61 Å². The molecule has 3 aromatic rings. The number of hydrogen-bond donors (Lipinski definition) is 0. The molecule has 0 spiro atoms. The van der Waals surface area contributed by atoms with Crippen LogP contribution in [-0.4, -0.2) is 57.6 Å². The SMILES string of the molecule is CC(C(OC(=O)c1ccc(Cl)c(S(=O)(=O)N2CCCCC2)c1)c1ccccc1)N(C)S(=O)(=O)c1ccc(Cl)cc1. The summed E-state index contributed by atoms with van der Waals surface area (Å²) in [6.45, 7) is 2.40. The molecule has 1 aliphatic rings. The van der Waals surface area contributed by atoms with Gasteiger partial charge in [-0.15, -0.1) is 0 Å². The zero-order chi connectivity index (χ0) is 29.1. The Hall–Kier alpha value is -2.47. The van der Waals surface area contributed by atoms with Crippen LogP contribution < -0.4 is 0 Å². The van der Waals surface area contributed by atoms with E-state index in [2.05, 4.69) is 0 Å². The Balaban J connectivity index is 1.65. The fourth-order valence-electron chi connectivity index (χ4n) is 4.53. The van der Waals surface area contributed by atoms with Gasteiger partial charge in [0.1, 0.15) is 11.0 Å². The summed E-state index contributed by atoms with van der Waals surface area (Å²) in [4.78, 5) is 13.3. The molecule has 8 nitrogen and oxygen atoms in total. The molecule has 40 heavy (non-hydrogen) atoms. The smallest absolute Gasteiger partial charge is 0.338 e. The van der Waals surface area contributed by atoms with Gasteiger partial charge in [0, 0.05) is 25.2 Å². The minimum Gasteiger partial charge on any atom is -0.452 e. The molecule has 1 aliphatic heterocycles. The molecule has 0 amide bonds. The van der Waals surface area contributed by atoms with Crippen LogP contribution in [0.3, 0.4) is 0 Å². The van der Waals surface area contributed by atoms with Crippen molar-refractivity contribution in [3.63, 3.8) is 0 Å². The Morgan fingerprint density at radius 3 is 2.15 bits per heavy atom. The van der Waals surface area contributed by atoms with Crippen molar-refractivity contribution >= 4 is 49.2 Å². The highest BCUT2D eigenvalue weighted by Crippen LogP contribution is 2.32. The van der Waals surface area contributed by atoms with Gasteiger partial charge in [-0.3, -0.25) is 0 Å². The first-order valence-electron chi connectivity index (χ1n) is 12.7. The Morgan fingerprint density at radius 2 is 1.52 bits per heavy atom. The van der Waals surface area contributed by atoms with E-state index in [1.807, 2.05) is 0 Å². The van der Waals surface area contributed by atoms with Crippen molar-refractivity contribution in [1.29, 1.82) is 0 Å². The average Bonchev–Trinajstić information content (AvgIpc) is 2.96. The third-order valence-electron chi connectivity index (χ3n) is 6.96. The number of rotatable bonds is 9. The van der Waals surface area contributed by atoms with Crippen LogP contribution in [0, 0.1) is 0 Å². The predicted octanol–water partition coefficient (Wildman–Crippen LogP) is 5.78. The fourth-order valence-corrected chi connectivity index (χ4v) is 8.03. The largest absolute Gasteiger partial charge is 0.452 e. The molecular formula is C28H30Cl2N2O6S2. The second kappa shape index (κ2) is 12.6. The van der Waals surface area contributed by atoms with Crippen LogP contribution in [0.15, 0.2) is 82.6 Å². The van der Waals surface area contributed by atoms with Gasteiger partial charge >= 0.3 is 5.97 Å². The summed E-state index contributed by atoms with van der Waals surface area (Å²) in [5.41, 5.74) is 0.549. The van der Waals surface area contributed by atoms with E-state index in [1.165, 1.54) is 53.8 Å². The molecule has 0 bridgehead atoms. The van der Waals surface area contributed by atoms with Gasteiger partial charge in [0.25, 0.3) is 0 Å². The van der Waals surface area contributed by atoms with Crippen LogP contribution in [0.1, 0.15) is 48.2 Å². The molecule has 0 aromatic heterocycles. The van der Waals surface area contributed by atoms with Crippen molar-refractivity contribution in [3.05, 3.63) is 94.0 Å². The number of carbonyl (C=O) groups is 1. The first-order chi connectivity index (χ1) is 18.9. The maximum Gasteiger partial charge on any atom is 0.338 e. The van der Waals surface area contributed by atoms with Crippen LogP contribution in [-0.2, 0) is 24.8 Å². The van der Waals surface area contributed by atoms with Crippen LogP contribution in [0.5, 0.6) is 0 Å². The van der Waals surface area contributed by atoms with Crippen LogP contribution >= 0.6 is 23.2 Å². The highest BCUT2D eigenvalue weighted by Gasteiger charge is 2.35. The predicted molar refractivity (Wildman–Crippen MR) is 155 cm³/mol. The van der Waals surface area contributed by atoms with Crippen LogP contribution in [0.2, 0.25) is 10.0 Å². The normalized spacial score (nSPS) is 16.4. The number of ether oxygens (including phenoxy) is 1. The minimum absolute atomic E-state index is 0.00360. The minimum atomic E-state index is -3.97. The van der Waals surface area contributed by atoms with Crippen molar-refractivity contribution in [1.82, 2.24) is 8.61 Å². The number of likely N-dealkylation sites (N-methyl/N-ethyl adjacent to an activating group) is 1. The van der Waals surface area contributed by atoms with Crippen LogP contribution in [0.4, 0.5) is 0 Å². The lowest BCUT2D eigenvalue weighted by atomic mass is 10.0. The molecule has 0 saturated carbocycles. The number of carbonyl (C=O) groups excluding carboxylic acids is 1. The maximum absolute atomic E-state index is 13.4. The van der Waals surface area contributed by atoms with Gasteiger partial charge in [0.2, 0.25) is 20.0 Å². The van der Waals surface area contributed by atoms with E-state index in [-0.39, 0.29) is 20.4 Å². The van der Waals surface area contributed by atoms with Gasteiger partial charge in [0.05, 0.1) is 21.5 Å². The molecular weight excluding hydrogens is 595 g/mol. The number of esters is 1. The third-order valence-corrected chi connectivity index (χ3v) is 11.6. The summed E-state index contributed by atoms with van der Waals surface area (Å²) < 4.78 is 61.7. The molecule has 4 rings (SSSR count). The Morgan fingerprint density at radius 1 is 0.900 bits per heavy atom. The third kappa shape index (κ3) is 6.53. The van der Waals surface area contributed by atoms with E-state index >= 15 is 0 Å². The molecule has 0 N–H and O–H groups in total. The van der Waals surface area contributed by atoms with Crippen molar-refractivity contribution in [2.24, 2.45) is 0 Å². The molecule has 3 aromatic carbocycles. The molecule has 1 fully saturated rings. The number of halogens is 2. The number of hydrogen-bond acceptors (Lipinski definition) is 6. The fraction of sp³-hybridized carbons (Fsp3) is 0.321. The first-order valence-corrected chi connectivity index (χ1v) is 16.4.